The molecule has 124 valence electrons. The van der Waals surface area contributed by atoms with Gasteiger partial charge in [-0.1, -0.05) is 24.3 Å². The normalized spacial score (nSPS) is 21.3. The molecular formula is C20H23N3O. The Morgan fingerprint density at radius 3 is 2.42 bits per heavy atom. The monoisotopic (exact) mass is 321 g/mol. The predicted molar refractivity (Wildman–Crippen MR) is 94.0 cm³/mol. The van der Waals surface area contributed by atoms with E-state index < -0.39 is 0 Å². The van der Waals surface area contributed by atoms with Gasteiger partial charge in [0.05, 0.1) is 0 Å². The molecule has 4 rings (SSSR count). The number of rotatable bonds is 2. The molecule has 4 heteroatoms. The van der Waals surface area contributed by atoms with Gasteiger partial charge in [-0.25, -0.2) is 0 Å². The molecule has 2 heterocycles. The molecule has 24 heavy (non-hydrogen) atoms. The van der Waals surface area contributed by atoms with Gasteiger partial charge in [0.1, 0.15) is 0 Å². The van der Waals surface area contributed by atoms with E-state index >= 15 is 0 Å². The third-order valence-electron chi connectivity index (χ3n) is 5.37. The van der Waals surface area contributed by atoms with Gasteiger partial charge in [-0.2, -0.15) is 0 Å². The Bertz CT molecular complexity index is 708. The van der Waals surface area contributed by atoms with Gasteiger partial charge in [0.15, 0.2) is 0 Å². The van der Waals surface area contributed by atoms with Crippen LogP contribution in [0, 0.1) is 0 Å². The van der Waals surface area contributed by atoms with Crippen molar-refractivity contribution in [2.45, 2.75) is 25.3 Å². The summed E-state index contributed by atoms with van der Waals surface area (Å²) in [5.41, 5.74) is 3.76. The fraction of sp³-hybridized carbons (Fsp3) is 0.400. The zero-order valence-corrected chi connectivity index (χ0v) is 13.9. The largest absolute Gasteiger partial charge is 0.336 e. The zero-order chi connectivity index (χ0) is 16.4. The first-order valence-electron chi connectivity index (χ1n) is 8.81. The smallest absolute Gasteiger partial charge is 0.254 e. The lowest BCUT2D eigenvalue weighted by Gasteiger charge is -2.41. The average molecular weight is 321 g/mol. The molecule has 1 fully saturated rings. The van der Waals surface area contributed by atoms with Gasteiger partial charge in [0.25, 0.3) is 5.91 Å². The number of hydrogen-bond donors (Lipinski definition) is 0. The Morgan fingerprint density at radius 1 is 0.958 bits per heavy atom. The number of carbonyl (C=O) groups excluding carboxylic acids is 1. The van der Waals surface area contributed by atoms with Crippen LogP contribution in [-0.2, 0) is 12.8 Å². The molecule has 2 aliphatic rings. The van der Waals surface area contributed by atoms with Gasteiger partial charge < -0.3 is 4.90 Å². The highest BCUT2D eigenvalue weighted by Gasteiger charge is 2.28. The molecule has 1 unspecified atom stereocenters. The first kappa shape index (κ1) is 15.3. The molecule has 1 aromatic heterocycles. The second kappa shape index (κ2) is 6.73. The van der Waals surface area contributed by atoms with Crippen molar-refractivity contribution in [2.24, 2.45) is 0 Å². The van der Waals surface area contributed by atoms with E-state index in [9.17, 15) is 4.79 Å². The summed E-state index contributed by atoms with van der Waals surface area (Å²) in [6, 6.07) is 13.0. The molecule has 0 saturated carbocycles. The second-order valence-corrected chi connectivity index (χ2v) is 6.73. The molecule has 1 amide bonds. The van der Waals surface area contributed by atoms with Crippen LogP contribution in [-0.4, -0.2) is 52.9 Å². The fourth-order valence-corrected chi connectivity index (χ4v) is 3.96. The number of fused-ring (bicyclic) bond motifs is 1. The third kappa shape index (κ3) is 3.06. The summed E-state index contributed by atoms with van der Waals surface area (Å²) in [5.74, 6) is 0.131. The summed E-state index contributed by atoms with van der Waals surface area (Å²) in [6.07, 6.45) is 6.92. The van der Waals surface area contributed by atoms with Gasteiger partial charge in [-0.3, -0.25) is 14.7 Å². The van der Waals surface area contributed by atoms with Crippen molar-refractivity contribution in [2.75, 3.05) is 26.2 Å². The number of aromatic nitrogens is 1. The van der Waals surface area contributed by atoms with Crippen LogP contribution in [0.3, 0.4) is 0 Å². The minimum atomic E-state index is 0.131. The Hall–Kier alpha value is -2.20. The van der Waals surface area contributed by atoms with E-state index in [1.165, 1.54) is 24.0 Å². The topological polar surface area (TPSA) is 36.4 Å². The number of piperazine rings is 1. The SMILES string of the molecule is O=C(c1ccncc1)N1CCN(C2CCc3ccccc3C2)CC1. The second-order valence-electron chi connectivity index (χ2n) is 6.73. The summed E-state index contributed by atoms with van der Waals surface area (Å²) < 4.78 is 0. The van der Waals surface area contributed by atoms with Gasteiger partial charge in [0, 0.05) is 50.2 Å². The highest BCUT2D eigenvalue weighted by atomic mass is 16.2. The van der Waals surface area contributed by atoms with Crippen LogP contribution in [0.4, 0.5) is 0 Å². The van der Waals surface area contributed by atoms with Gasteiger partial charge in [-0.15, -0.1) is 0 Å². The maximum atomic E-state index is 12.5. The molecule has 0 N–H and O–H groups in total. The molecule has 1 saturated heterocycles. The van der Waals surface area contributed by atoms with Crippen molar-refractivity contribution in [3.05, 3.63) is 65.5 Å². The fourth-order valence-electron chi connectivity index (χ4n) is 3.96. The van der Waals surface area contributed by atoms with Gasteiger partial charge >= 0.3 is 0 Å². The van der Waals surface area contributed by atoms with Crippen molar-refractivity contribution in [3.63, 3.8) is 0 Å². The highest BCUT2D eigenvalue weighted by molar-refractivity contribution is 5.94. The van der Waals surface area contributed by atoms with E-state index in [2.05, 4.69) is 34.1 Å². The maximum Gasteiger partial charge on any atom is 0.254 e. The number of nitrogens with zero attached hydrogens (tertiary/aromatic N) is 3. The number of pyridine rings is 1. The molecule has 1 aliphatic carbocycles. The number of aryl methyl sites for hydroxylation is 1. The Labute approximate surface area is 143 Å². The summed E-state index contributed by atoms with van der Waals surface area (Å²) >= 11 is 0. The van der Waals surface area contributed by atoms with E-state index in [0.717, 1.165) is 38.2 Å². The number of benzene rings is 1. The van der Waals surface area contributed by atoms with Crippen LogP contribution in [0.25, 0.3) is 0 Å². The van der Waals surface area contributed by atoms with Crippen molar-refractivity contribution in [1.82, 2.24) is 14.8 Å². The molecule has 1 atom stereocenters. The Balaban J connectivity index is 1.36. The third-order valence-corrected chi connectivity index (χ3v) is 5.37. The van der Waals surface area contributed by atoms with Gasteiger partial charge in [-0.05, 0) is 42.5 Å². The quantitative estimate of drug-likeness (QED) is 0.852. The number of hydrogen-bond acceptors (Lipinski definition) is 3. The van der Waals surface area contributed by atoms with Gasteiger partial charge in [0.2, 0.25) is 0 Å². The molecular weight excluding hydrogens is 298 g/mol. The van der Waals surface area contributed by atoms with Crippen LogP contribution in [0.2, 0.25) is 0 Å². The molecule has 0 spiro atoms. The average Bonchev–Trinajstić information content (AvgIpc) is 2.68. The Kier molecular flexibility index (Phi) is 4.30. The molecule has 1 aliphatic heterocycles. The van der Waals surface area contributed by atoms with Crippen LogP contribution >= 0.6 is 0 Å². The van der Waals surface area contributed by atoms with Crippen molar-refractivity contribution in [1.29, 1.82) is 0 Å². The molecule has 0 radical (unpaired) electrons. The highest BCUT2D eigenvalue weighted by Crippen LogP contribution is 2.25. The van der Waals surface area contributed by atoms with Crippen LogP contribution in [0.5, 0.6) is 0 Å². The minimum Gasteiger partial charge on any atom is -0.336 e. The summed E-state index contributed by atoms with van der Waals surface area (Å²) in [6.45, 7) is 3.59. The van der Waals surface area contributed by atoms with E-state index in [0.29, 0.717) is 6.04 Å². The number of amides is 1. The minimum absolute atomic E-state index is 0.131. The summed E-state index contributed by atoms with van der Waals surface area (Å²) in [4.78, 5) is 21.1. The Morgan fingerprint density at radius 2 is 1.67 bits per heavy atom. The van der Waals surface area contributed by atoms with E-state index in [-0.39, 0.29) is 5.91 Å². The predicted octanol–water partition coefficient (Wildman–Crippen LogP) is 2.40. The van der Waals surface area contributed by atoms with Crippen LogP contribution < -0.4 is 0 Å². The van der Waals surface area contributed by atoms with E-state index in [1.54, 1.807) is 24.5 Å². The lowest BCUT2D eigenvalue weighted by molar-refractivity contribution is 0.0553. The maximum absolute atomic E-state index is 12.5. The lowest BCUT2D eigenvalue weighted by Crippen LogP contribution is -2.53. The summed E-state index contributed by atoms with van der Waals surface area (Å²) in [7, 11) is 0. The van der Waals surface area contributed by atoms with Crippen LogP contribution in [0.1, 0.15) is 27.9 Å². The summed E-state index contributed by atoms with van der Waals surface area (Å²) in [5, 5.41) is 0. The lowest BCUT2D eigenvalue weighted by atomic mass is 9.87. The first-order chi connectivity index (χ1) is 11.8. The van der Waals surface area contributed by atoms with Crippen molar-refractivity contribution in [3.8, 4) is 0 Å². The van der Waals surface area contributed by atoms with Crippen LogP contribution in [0.15, 0.2) is 48.8 Å². The molecule has 4 nitrogen and oxygen atoms in total. The standard InChI is InChI=1S/C20H23N3O/c24-20(17-7-9-21-10-8-17)23-13-11-22(12-14-23)19-6-5-16-3-1-2-4-18(16)15-19/h1-4,7-10,19H,5-6,11-15H2. The van der Waals surface area contributed by atoms with Crippen molar-refractivity contribution >= 4 is 5.91 Å². The first-order valence-corrected chi connectivity index (χ1v) is 8.81. The molecule has 1 aromatic carbocycles. The molecule has 2 aromatic rings. The molecule has 0 bridgehead atoms. The number of carbonyl (C=O) groups is 1. The van der Waals surface area contributed by atoms with E-state index in [4.69, 9.17) is 0 Å². The zero-order valence-electron chi connectivity index (χ0n) is 13.9. The van der Waals surface area contributed by atoms with E-state index in [1.807, 2.05) is 4.90 Å². The van der Waals surface area contributed by atoms with Crippen molar-refractivity contribution < 1.29 is 4.79 Å².